The van der Waals surface area contributed by atoms with Gasteiger partial charge in [0.1, 0.15) is 5.75 Å². The van der Waals surface area contributed by atoms with Gasteiger partial charge in [0.25, 0.3) is 0 Å². The van der Waals surface area contributed by atoms with E-state index < -0.39 is 6.16 Å². The lowest BCUT2D eigenvalue weighted by Crippen LogP contribution is -2.42. The van der Waals surface area contributed by atoms with Crippen molar-refractivity contribution in [2.45, 2.75) is 52.5 Å². The van der Waals surface area contributed by atoms with Gasteiger partial charge in [-0.25, -0.2) is 9.59 Å². The number of amides is 2. The van der Waals surface area contributed by atoms with E-state index in [9.17, 15) is 9.59 Å². The summed E-state index contributed by atoms with van der Waals surface area (Å²) in [6.45, 7) is 7.24. The van der Waals surface area contributed by atoms with Crippen molar-refractivity contribution in [1.82, 2.24) is 0 Å². The molecular weight excluding hydrogens is 418 g/mol. The zero-order chi connectivity index (χ0) is 23.5. The Kier molecular flexibility index (Phi) is 6.77. The van der Waals surface area contributed by atoms with Gasteiger partial charge in [0, 0.05) is 24.3 Å². The Labute approximate surface area is 195 Å². The number of ether oxygens (including phenoxy) is 1. The van der Waals surface area contributed by atoms with Crippen molar-refractivity contribution in [2.24, 2.45) is 17.8 Å². The van der Waals surface area contributed by atoms with Crippen molar-refractivity contribution < 1.29 is 19.4 Å². The summed E-state index contributed by atoms with van der Waals surface area (Å²) < 4.78 is 4.88. The molecule has 0 unspecified atom stereocenters. The minimum atomic E-state index is -1.38. The molecule has 0 saturated heterocycles. The fourth-order valence-electron chi connectivity index (χ4n) is 5.35. The van der Waals surface area contributed by atoms with Gasteiger partial charge in [0.05, 0.1) is 11.4 Å². The van der Waals surface area contributed by atoms with Crippen LogP contribution in [0.2, 0.25) is 0 Å². The van der Waals surface area contributed by atoms with E-state index >= 15 is 0 Å². The molecule has 7 nitrogen and oxygen atoms in total. The number of carbonyl (C=O) groups is 2. The molecule has 2 aromatic rings. The summed E-state index contributed by atoms with van der Waals surface area (Å²) in [4.78, 5) is 26.4. The molecule has 2 saturated carbocycles. The summed E-state index contributed by atoms with van der Waals surface area (Å²) in [6.07, 6.45) is 3.62. The molecule has 3 atom stereocenters. The topological polar surface area (TPSA) is 90.9 Å². The quantitative estimate of drug-likeness (QED) is 0.337. The highest BCUT2D eigenvalue weighted by Gasteiger charge is 2.43. The van der Waals surface area contributed by atoms with Gasteiger partial charge in [-0.3, -0.25) is 0 Å². The van der Waals surface area contributed by atoms with Crippen LogP contribution in [0.1, 0.15) is 45.1 Å². The summed E-state index contributed by atoms with van der Waals surface area (Å²) in [5, 5.41) is 14.9. The second-order valence-corrected chi connectivity index (χ2v) is 9.78. The number of fused-ring (bicyclic) bond motifs is 2. The molecular formula is C26H33N3O4. The van der Waals surface area contributed by atoms with Gasteiger partial charge in [-0.1, -0.05) is 38.0 Å². The molecule has 2 bridgehead atoms. The monoisotopic (exact) mass is 451 g/mol. The number of carbonyl (C=O) groups excluding carboxylic acids is 1. The average Bonchev–Trinajstić information content (AvgIpc) is 3.37. The highest BCUT2D eigenvalue weighted by atomic mass is 16.7. The summed E-state index contributed by atoms with van der Waals surface area (Å²) in [7, 11) is 0. The first-order valence-electron chi connectivity index (χ1n) is 11.7. The minimum Gasteiger partial charge on any atom is -0.449 e. The normalized spacial score (nSPS) is 21.2. The van der Waals surface area contributed by atoms with Crippen LogP contribution in [0.15, 0.2) is 42.5 Å². The van der Waals surface area contributed by atoms with Crippen molar-refractivity contribution in [3.8, 4) is 5.75 Å². The summed E-state index contributed by atoms with van der Waals surface area (Å²) in [5.41, 5.74) is 3.24. The molecule has 2 aliphatic rings. The third-order valence-electron chi connectivity index (χ3n) is 6.70. The van der Waals surface area contributed by atoms with Crippen LogP contribution in [0, 0.1) is 24.7 Å². The van der Waals surface area contributed by atoms with Gasteiger partial charge >= 0.3 is 12.2 Å². The number of hydrogen-bond acceptors (Lipinski definition) is 4. The fraction of sp³-hybridized carbons (Fsp3) is 0.462. The van der Waals surface area contributed by atoms with Crippen LogP contribution in [0.5, 0.6) is 5.75 Å². The molecule has 2 amide bonds. The van der Waals surface area contributed by atoms with Gasteiger partial charge in [0.15, 0.2) is 0 Å². The van der Waals surface area contributed by atoms with Gasteiger partial charge < -0.3 is 25.4 Å². The van der Waals surface area contributed by atoms with Gasteiger partial charge in [0.2, 0.25) is 0 Å². The molecule has 0 heterocycles. The molecule has 3 N–H and O–H groups in total. The molecule has 2 aliphatic carbocycles. The van der Waals surface area contributed by atoms with Crippen molar-refractivity contribution in [1.29, 1.82) is 0 Å². The number of rotatable bonds is 7. The Balaban J connectivity index is 1.63. The Morgan fingerprint density at radius 2 is 1.85 bits per heavy atom. The van der Waals surface area contributed by atoms with Crippen LogP contribution >= 0.6 is 0 Å². The van der Waals surface area contributed by atoms with E-state index in [0.29, 0.717) is 29.3 Å². The molecule has 2 aromatic carbocycles. The second-order valence-electron chi connectivity index (χ2n) is 9.78. The highest BCUT2D eigenvalue weighted by molar-refractivity contribution is 6.02. The number of aryl methyl sites for hydroxylation is 1. The Hall–Kier alpha value is -3.22. The number of benzene rings is 2. The van der Waals surface area contributed by atoms with Crippen molar-refractivity contribution in [3.05, 3.63) is 48.0 Å². The van der Waals surface area contributed by atoms with Gasteiger partial charge in [-0.05, 0) is 68.2 Å². The van der Waals surface area contributed by atoms with Crippen molar-refractivity contribution >= 4 is 29.2 Å². The number of carboxylic acid groups (broad SMARTS) is 1. The molecule has 4 rings (SSSR count). The van der Waals surface area contributed by atoms with E-state index in [2.05, 4.69) is 29.4 Å². The van der Waals surface area contributed by atoms with Crippen LogP contribution in [0.25, 0.3) is 0 Å². The maximum absolute atomic E-state index is 12.8. The standard InChI is InChI=1S/C26H33N3O4/c1-16(2)15-29(24-13-18-6-7-19(24)12-18)23-11-10-21(33-26(31)32)14-22(23)28-25(30)27-20-8-4-17(3)5-9-20/h4-5,8-11,14,16,18-19,24H,6-7,12-13,15H2,1-3H3,(H,31,32)(H2,27,28,30)/t18-,19+,24+/m0/s1. The van der Waals surface area contributed by atoms with E-state index in [1.165, 1.54) is 25.7 Å². The van der Waals surface area contributed by atoms with E-state index in [1.54, 1.807) is 12.1 Å². The first-order valence-corrected chi connectivity index (χ1v) is 11.7. The smallest absolute Gasteiger partial charge is 0.449 e. The molecule has 7 heteroatoms. The molecule has 176 valence electrons. The molecule has 2 fully saturated rings. The van der Waals surface area contributed by atoms with Crippen molar-refractivity contribution in [3.63, 3.8) is 0 Å². The van der Waals surface area contributed by atoms with E-state index in [-0.39, 0.29) is 11.8 Å². The molecule has 0 radical (unpaired) electrons. The van der Waals surface area contributed by atoms with Crippen LogP contribution in [-0.4, -0.2) is 29.9 Å². The first-order chi connectivity index (χ1) is 15.8. The van der Waals surface area contributed by atoms with Crippen LogP contribution < -0.4 is 20.3 Å². The second kappa shape index (κ2) is 9.73. The number of nitrogens with zero attached hydrogens (tertiary/aromatic N) is 1. The lowest BCUT2D eigenvalue weighted by atomic mass is 9.92. The predicted octanol–water partition coefficient (Wildman–Crippen LogP) is 6.35. The summed E-state index contributed by atoms with van der Waals surface area (Å²) in [5.74, 6) is 2.06. The molecule has 33 heavy (non-hydrogen) atoms. The SMILES string of the molecule is Cc1ccc(NC(=O)Nc2cc(OC(=O)O)ccc2N(CC(C)C)[C@@H]2C[C@H]3CC[C@@H]2C3)cc1. The van der Waals surface area contributed by atoms with E-state index in [4.69, 9.17) is 9.84 Å². The predicted molar refractivity (Wildman–Crippen MR) is 130 cm³/mol. The largest absolute Gasteiger partial charge is 0.511 e. The molecule has 0 aliphatic heterocycles. The first kappa shape index (κ1) is 23.0. The third-order valence-corrected chi connectivity index (χ3v) is 6.70. The minimum absolute atomic E-state index is 0.175. The Bertz CT molecular complexity index is 1010. The fourth-order valence-corrected chi connectivity index (χ4v) is 5.35. The highest BCUT2D eigenvalue weighted by Crippen LogP contribution is 2.48. The zero-order valence-corrected chi connectivity index (χ0v) is 19.5. The summed E-state index contributed by atoms with van der Waals surface area (Å²) >= 11 is 0. The zero-order valence-electron chi connectivity index (χ0n) is 19.5. The lowest BCUT2D eigenvalue weighted by molar-refractivity contribution is 0.144. The van der Waals surface area contributed by atoms with E-state index in [0.717, 1.165) is 23.7 Å². The number of nitrogens with one attached hydrogen (secondary N) is 2. The van der Waals surface area contributed by atoms with Crippen LogP contribution in [0.3, 0.4) is 0 Å². The summed E-state index contributed by atoms with van der Waals surface area (Å²) in [6, 6.07) is 12.7. The van der Waals surface area contributed by atoms with E-state index in [1.807, 2.05) is 37.3 Å². The van der Waals surface area contributed by atoms with Crippen LogP contribution in [0.4, 0.5) is 26.7 Å². The number of anilines is 3. The third kappa shape index (κ3) is 5.59. The maximum atomic E-state index is 12.8. The number of hydrogen-bond donors (Lipinski definition) is 3. The van der Waals surface area contributed by atoms with Crippen molar-refractivity contribution in [2.75, 3.05) is 22.1 Å². The van der Waals surface area contributed by atoms with Crippen LogP contribution in [-0.2, 0) is 0 Å². The van der Waals surface area contributed by atoms with Gasteiger partial charge in [-0.2, -0.15) is 0 Å². The Morgan fingerprint density at radius 1 is 1.09 bits per heavy atom. The Morgan fingerprint density at radius 3 is 2.45 bits per heavy atom. The molecule has 0 aromatic heterocycles. The van der Waals surface area contributed by atoms with Gasteiger partial charge in [-0.15, -0.1) is 0 Å². The molecule has 0 spiro atoms. The number of urea groups is 1. The maximum Gasteiger partial charge on any atom is 0.511 e. The lowest BCUT2D eigenvalue weighted by Gasteiger charge is -2.38. The average molecular weight is 452 g/mol.